The second kappa shape index (κ2) is 7.51. The Morgan fingerprint density at radius 1 is 0.767 bits per heavy atom. The van der Waals surface area contributed by atoms with E-state index in [2.05, 4.69) is 9.97 Å². The third-order valence-electron chi connectivity index (χ3n) is 4.59. The zero-order valence-corrected chi connectivity index (χ0v) is 15.6. The van der Waals surface area contributed by atoms with Crippen molar-refractivity contribution in [1.82, 2.24) is 9.97 Å². The number of benzene rings is 3. The minimum absolute atomic E-state index is 0.00953. The maximum Gasteiger partial charge on any atom is 0.269 e. The molecule has 148 valence electrons. The van der Waals surface area contributed by atoms with Gasteiger partial charge in [-0.2, -0.15) is 0 Å². The van der Waals surface area contributed by atoms with Gasteiger partial charge in [0.25, 0.3) is 5.69 Å². The molecule has 0 bridgehead atoms. The quantitative estimate of drug-likeness (QED) is 0.342. The SMILES string of the molecule is Nc1nc(-c2ccc([N+](=O)[O-])cc2)cc(-c2cc(-c3ccc(O)cc3)ccc2O)n1. The molecule has 0 spiro atoms. The van der Waals surface area contributed by atoms with Crippen molar-refractivity contribution in [2.75, 3.05) is 5.73 Å². The Balaban J connectivity index is 1.78. The minimum atomic E-state index is -0.476. The molecule has 0 aliphatic heterocycles. The van der Waals surface area contributed by atoms with E-state index in [-0.39, 0.29) is 23.1 Å². The number of non-ortho nitro benzene ring substituents is 1. The lowest BCUT2D eigenvalue weighted by atomic mass is 10.00. The van der Waals surface area contributed by atoms with Crippen LogP contribution < -0.4 is 5.73 Å². The molecule has 30 heavy (non-hydrogen) atoms. The van der Waals surface area contributed by atoms with Crippen LogP contribution in [0.25, 0.3) is 33.6 Å². The Hall–Kier alpha value is -4.46. The van der Waals surface area contributed by atoms with Gasteiger partial charge < -0.3 is 15.9 Å². The molecule has 1 heterocycles. The summed E-state index contributed by atoms with van der Waals surface area (Å²) in [5, 5.41) is 30.8. The largest absolute Gasteiger partial charge is 0.508 e. The van der Waals surface area contributed by atoms with Crippen LogP contribution in [0.4, 0.5) is 11.6 Å². The highest BCUT2D eigenvalue weighted by Gasteiger charge is 2.13. The van der Waals surface area contributed by atoms with Crippen molar-refractivity contribution in [2.45, 2.75) is 0 Å². The summed E-state index contributed by atoms with van der Waals surface area (Å²) < 4.78 is 0. The molecule has 0 fully saturated rings. The van der Waals surface area contributed by atoms with Crippen molar-refractivity contribution < 1.29 is 15.1 Å². The number of anilines is 1. The summed E-state index contributed by atoms with van der Waals surface area (Å²) >= 11 is 0. The van der Waals surface area contributed by atoms with Crippen molar-refractivity contribution in [3.63, 3.8) is 0 Å². The number of phenols is 2. The first-order valence-electron chi connectivity index (χ1n) is 8.93. The molecule has 0 radical (unpaired) electrons. The second-order valence-electron chi connectivity index (χ2n) is 6.58. The van der Waals surface area contributed by atoms with Gasteiger partial charge in [0.2, 0.25) is 5.95 Å². The van der Waals surface area contributed by atoms with E-state index in [1.54, 1.807) is 60.7 Å². The summed E-state index contributed by atoms with van der Waals surface area (Å²) in [4.78, 5) is 18.8. The smallest absolute Gasteiger partial charge is 0.269 e. The number of hydrogen-bond donors (Lipinski definition) is 3. The Labute approximate surface area is 171 Å². The number of rotatable bonds is 4. The summed E-state index contributed by atoms with van der Waals surface area (Å²) in [6.45, 7) is 0. The fourth-order valence-electron chi connectivity index (χ4n) is 3.08. The lowest BCUT2D eigenvalue weighted by Crippen LogP contribution is -1.99. The number of nitrogen functional groups attached to an aromatic ring is 1. The lowest BCUT2D eigenvalue weighted by molar-refractivity contribution is -0.384. The predicted octanol–water partition coefficient (Wildman–Crippen LogP) is 4.38. The van der Waals surface area contributed by atoms with Crippen LogP contribution in [-0.4, -0.2) is 25.1 Å². The van der Waals surface area contributed by atoms with E-state index in [0.29, 0.717) is 22.5 Å². The van der Waals surface area contributed by atoms with Gasteiger partial charge in [-0.05, 0) is 53.6 Å². The summed E-state index contributed by atoms with van der Waals surface area (Å²) in [5.41, 5.74) is 9.50. The average molecular weight is 400 g/mol. The fraction of sp³-hybridized carbons (Fsp3) is 0. The lowest BCUT2D eigenvalue weighted by Gasteiger charge is -2.10. The summed E-state index contributed by atoms with van der Waals surface area (Å²) in [5.74, 6) is 0.189. The van der Waals surface area contributed by atoms with E-state index in [1.807, 2.05) is 0 Å². The molecule has 8 heteroatoms. The van der Waals surface area contributed by atoms with Gasteiger partial charge in [-0.3, -0.25) is 10.1 Å². The van der Waals surface area contributed by atoms with Crippen molar-refractivity contribution in [3.05, 3.63) is 82.9 Å². The highest BCUT2D eigenvalue weighted by atomic mass is 16.6. The standard InChI is InChI=1S/C22H16N4O4/c23-22-24-19(14-1-6-16(7-2-14)26(29)30)12-20(25-22)18-11-15(5-10-21(18)28)13-3-8-17(27)9-4-13/h1-12,27-28H,(H2,23,24,25). The minimum Gasteiger partial charge on any atom is -0.508 e. The molecule has 0 aliphatic carbocycles. The number of aromatic hydroxyl groups is 2. The first-order chi connectivity index (χ1) is 14.4. The van der Waals surface area contributed by atoms with Gasteiger partial charge in [-0.1, -0.05) is 18.2 Å². The van der Waals surface area contributed by atoms with Crippen LogP contribution in [0.5, 0.6) is 11.5 Å². The zero-order chi connectivity index (χ0) is 21.3. The molecule has 0 amide bonds. The van der Waals surface area contributed by atoms with Crippen LogP contribution in [0.3, 0.4) is 0 Å². The van der Waals surface area contributed by atoms with Gasteiger partial charge in [-0.25, -0.2) is 9.97 Å². The maximum absolute atomic E-state index is 10.9. The number of aromatic nitrogens is 2. The van der Waals surface area contributed by atoms with Crippen LogP contribution in [-0.2, 0) is 0 Å². The van der Waals surface area contributed by atoms with E-state index >= 15 is 0 Å². The van der Waals surface area contributed by atoms with Gasteiger partial charge in [0.1, 0.15) is 11.5 Å². The molecule has 4 N–H and O–H groups in total. The van der Waals surface area contributed by atoms with Gasteiger partial charge >= 0.3 is 0 Å². The molecule has 0 saturated carbocycles. The number of nitro groups is 1. The van der Waals surface area contributed by atoms with E-state index < -0.39 is 4.92 Å². The molecule has 1 aromatic heterocycles. The molecule has 0 unspecified atom stereocenters. The number of nitrogens with zero attached hydrogens (tertiary/aromatic N) is 3. The van der Waals surface area contributed by atoms with Crippen LogP contribution in [0.15, 0.2) is 72.8 Å². The van der Waals surface area contributed by atoms with Gasteiger partial charge in [-0.15, -0.1) is 0 Å². The molecule has 4 aromatic rings. The first-order valence-corrected chi connectivity index (χ1v) is 8.93. The molecular weight excluding hydrogens is 384 g/mol. The zero-order valence-electron chi connectivity index (χ0n) is 15.6. The van der Waals surface area contributed by atoms with Crippen molar-refractivity contribution in [2.24, 2.45) is 0 Å². The van der Waals surface area contributed by atoms with Crippen LogP contribution in [0, 0.1) is 10.1 Å². The molecule has 0 saturated heterocycles. The average Bonchev–Trinajstić information content (AvgIpc) is 2.74. The van der Waals surface area contributed by atoms with Gasteiger partial charge in [0.05, 0.1) is 16.3 Å². The Morgan fingerprint density at radius 2 is 1.37 bits per heavy atom. The highest BCUT2D eigenvalue weighted by Crippen LogP contribution is 2.35. The number of phenolic OH excluding ortho intramolecular Hbond substituents is 2. The molecular formula is C22H16N4O4. The van der Waals surface area contributed by atoms with Gasteiger partial charge in [0.15, 0.2) is 0 Å². The molecule has 3 aromatic carbocycles. The van der Waals surface area contributed by atoms with E-state index in [1.165, 1.54) is 12.1 Å². The van der Waals surface area contributed by atoms with Crippen molar-refractivity contribution in [3.8, 4) is 45.1 Å². The van der Waals surface area contributed by atoms with Crippen LogP contribution >= 0.6 is 0 Å². The Morgan fingerprint density at radius 3 is 2.03 bits per heavy atom. The van der Waals surface area contributed by atoms with Crippen LogP contribution in [0.2, 0.25) is 0 Å². The highest BCUT2D eigenvalue weighted by molar-refractivity contribution is 5.78. The van der Waals surface area contributed by atoms with Gasteiger partial charge in [0, 0.05) is 23.3 Å². The normalized spacial score (nSPS) is 10.7. The van der Waals surface area contributed by atoms with E-state index in [0.717, 1.165) is 11.1 Å². The van der Waals surface area contributed by atoms with Crippen molar-refractivity contribution >= 4 is 11.6 Å². The monoisotopic (exact) mass is 400 g/mol. The molecule has 4 rings (SSSR count). The number of hydrogen-bond acceptors (Lipinski definition) is 7. The third kappa shape index (κ3) is 3.74. The number of nitrogens with two attached hydrogens (primary N) is 1. The predicted molar refractivity (Wildman–Crippen MR) is 113 cm³/mol. The topological polar surface area (TPSA) is 135 Å². The maximum atomic E-state index is 10.9. The second-order valence-corrected chi connectivity index (χ2v) is 6.58. The van der Waals surface area contributed by atoms with Crippen LogP contribution in [0.1, 0.15) is 0 Å². The first kappa shape index (κ1) is 18.9. The fourth-order valence-corrected chi connectivity index (χ4v) is 3.08. The summed E-state index contributed by atoms with van der Waals surface area (Å²) in [6, 6.07) is 19.4. The molecule has 0 aliphatic rings. The van der Waals surface area contributed by atoms with E-state index in [9.17, 15) is 20.3 Å². The van der Waals surface area contributed by atoms with Crippen molar-refractivity contribution in [1.29, 1.82) is 0 Å². The molecule has 0 atom stereocenters. The summed E-state index contributed by atoms with van der Waals surface area (Å²) in [6.07, 6.45) is 0. The summed E-state index contributed by atoms with van der Waals surface area (Å²) in [7, 11) is 0. The number of nitro benzene ring substituents is 1. The Kier molecular flexibility index (Phi) is 4.73. The molecule has 8 nitrogen and oxygen atoms in total. The third-order valence-corrected chi connectivity index (χ3v) is 4.59. The Bertz CT molecular complexity index is 1240. The van der Waals surface area contributed by atoms with E-state index in [4.69, 9.17) is 5.73 Å².